The van der Waals surface area contributed by atoms with Crippen molar-refractivity contribution >= 4 is 5.82 Å². The monoisotopic (exact) mass is 413 g/mol. The van der Waals surface area contributed by atoms with E-state index >= 15 is 0 Å². The van der Waals surface area contributed by atoms with Gasteiger partial charge in [0.1, 0.15) is 18.2 Å². The van der Waals surface area contributed by atoms with Crippen molar-refractivity contribution in [3.63, 3.8) is 0 Å². The van der Waals surface area contributed by atoms with Crippen LogP contribution in [0.25, 0.3) is 22.6 Å². The quantitative estimate of drug-likeness (QED) is 0.460. The van der Waals surface area contributed by atoms with Crippen molar-refractivity contribution < 1.29 is 14.2 Å². The van der Waals surface area contributed by atoms with Gasteiger partial charge in [-0.05, 0) is 35.9 Å². The van der Waals surface area contributed by atoms with Gasteiger partial charge in [-0.25, -0.2) is 9.97 Å². The molecule has 0 saturated carbocycles. The maximum atomic E-state index is 6.11. The molecule has 0 amide bonds. The van der Waals surface area contributed by atoms with Crippen molar-refractivity contribution in [2.75, 3.05) is 20.0 Å². The highest BCUT2D eigenvalue weighted by atomic mass is 16.5. The highest BCUT2D eigenvalue weighted by Crippen LogP contribution is 2.34. The minimum absolute atomic E-state index is 0.369. The number of nitrogen functional groups attached to an aromatic ring is 1. The largest absolute Gasteiger partial charge is 0.496 e. The van der Waals surface area contributed by atoms with Crippen LogP contribution in [0.5, 0.6) is 17.2 Å². The van der Waals surface area contributed by atoms with E-state index < -0.39 is 0 Å². The van der Waals surface area contributed by atoms with Crippen LogP contribution in [-0.4, -0.2) is 24.2 Å². The van der Waals surface area contributed by atoms with E-state index in [-0.39, 0.29) is 0 Å². The Morgan fingerprint density at radius 2 is 1.48 bits per heavy atom. The number of hydrogen-bond acceptors (Lipinski definition) is 6. The Morgan fingerprint density at radius 3 is 2.26 bits per heavy atom. The molecule has 0 aliphatic carbocycles. The molecule has 0 fully saturated rings. The summed E-state index contributed by atoms with van der Waals surface area (Å²) in [4.78, 5) is 9.16. The smallest absolute Gasteiger partial charge is 0.162 e. The van der Waals surface area contributed by atoms with Crippen LogP contribution in [0, 0.1) is 0 Å². The van der Waals surface area contributed by atoms with Gasteiger partial charge in [0.2, 0.25) is 0 Å². The van der Waals surface area contributed by atoms with E-state index in [9.17, 15) is 0 Å². The Balaban J connectivity index is 1.70. The molecule has 0 aliphatic rings. The van der Waals surface area contributed by atoms with Gasteiger partial charge in [-0.2, -0.15) is 0 Å². The molecule has 156 valence electrons. The Labute approximate surface area is 181 Å². The second-order valence-electron chi connectivity index (χ2n) is 6.84. The van der Waals surface area contributed by atoms with Gasteiger partial charge in [-0.3, -0.25) is 0 Å². The molecular weight excluding hydrogens is 390 g/mol. The number of anilines is 1. The summed E-state index contributed by atoms with van der Waals surface area (Å²) in [5.41, 5.74) is 9.47. The second-order valence-corrected chi connectivity index (χ2v) is 6.84. The molecule has 6 nitrogen and oxygen atoms in total. The molecule has 31 heavy (non-hydrogen) atoms. The van der Waals surface area contributed by atoms with Crippen molar-refractivity contribution in [2.24, 2.45) is 0 Å². The first-order valence-corrected chi connectivity index (χ1v) is 9.81. The molecule has 1 aromatic heterocycles. The molecule has 0 atom stereocenters. The first-order chi connectivity index (χ1) is 15.2. The molecule has 0 saturated heterocycles. The van der Waals surface area contributed by atoms with Crippen LogP contribution in [0.2, 0.25) is 0 Å². The molecule has 0 radical (unpaired) electrons. The molecule has 4 aromatic rings. The Kier molecular flexibility index (Phi) is 5.98. The number of aromatic nitrogens is 2. The molecule has 0 aliphatic heterocycles. The Hall–Kier alpha value is -4.06. The standard InChI is InChI=1S/C25H23N3O3/c1-29-21-11-7-6-10-19(21)20-15-24(26)28-25(27-20)18-12-13-22(30-2)23(14-18)31-16-17-8-4-3-5-9-17/h3-15H,16H2,1-2H3,(H2,26,27,28). The van der Waals surface area contributed by atoms with Gasteiger partial charge < -0.3 is 19.9 Å². The summed E-state index contributed by atoms with van der Waals surface area (Å²) in [7, 11) is 3.24. The minimum atomic E-state index is 0.369. The van der Waals surface area contributed by atoms with Crippen LogP contribution in [0.1, 0.15) is 5.56 Å². The summed E-state index contributed by atoms with van der Waals surface area (Å²) in [5.74, 6) is 2.82. The summed E-state index contributed by atoms with van der Waals surface area (Å²) in [6.45, 7) is 0.422. The number of benzene rings is 3. The van der Waals surface area contributed by atoms with Crippen LogP contribution >= 0.6 is 0 Å². The average molecular weight is 413 g/mol. The predicted octanol–water partition coefficient (Wildman–Crippen LogP) is 4.99. The summed E-state index contributed by atoms with van der Waals surface area (Å²) >= 11 is 0. The van der Waals surface area contributed by atoms with E-state index in [2.05, 4.69) is 4.98 Å². The topological polar surface area (TPSA) is 79.5 Å². The maximum absolute atomic E-state index is 6.11. The van der Waals surface area contributed by atoms with Gasteiger partial charge in [0.15, 0.2) is 17.3 Å². The molecule has 6 heteroatoms. The zero-order chi connectivity index (χ0) is 21.6. The van der Waals surface area contributed by atoms with Crippen molar-refractivity contribution in [2.45, 2.75) is 6.61 Å². The highest BCUT2D eigenvalue weighted by Gasteiger charge is 2.14. The average Bonchev–Trinajstić information content (AvgIpc) is 2.82. The SMILES string of the molecule is COc1ccc(-c2nc(N)cc(-c3ccccc3OC)n2)cc1OCc1ccccc1. The van der Waals surface area contributed by atoms with Crippen LogP contribution in [0.3, 0.4) is 0 Å². The molecule has 1 heterocycles. The number of rotatable bonds is 7. The van der Waals surface area contributed by atoms with E-state index in [4.69, 9.17) is 24.9 Å². The number of ether oxygens (including phenoxy) is 3. The van der Waals surface area contributed by atoms with Crippen molar-refractivity contribution in [1.82, 2.24) is 9.97 Å². The van der Waals surface area contributed by atoms with Gasteiger partial charge in [-0.15, -0.1) is 0 Å². The summed E-state index contributed by atoms with van der Waals surface area (Å²) in [5, 5.41) is 0. The molecule has 4 rings (SSSR count). The third-order valence-corrected chi connectivity index (χ3v) is 4.79. The summed E-state index contributed by atoms with van der Waals surface area (Å²) in [6, 6.07) is 24.9. The molecule has 2 N–H and O–H groups in total. The first-order valence-electron chi connectivity index (χ1n) is 9.81. The predicted molar refractivity (Wildman–Crippen MR) is 121 cm³/mol. The fraction of sp³-hybridized carbons (Fsp3) is 0.120. The number of nitrogens with zero attached hydrogens (tertiary/aromatic N) is 2. The van der Waals surface area contributed by atoms with Crippen LogP contribution < -0.4 is 19.9 Å². The van der Waals surface area contributed by atoms with E-state index in [1.165, 1.54) is 0 Å². The number of methoxy groups -OCH3 is 2. The van der Waals surface area contributed by atoms with Crippen molar-refractivity contribution in [3.8, 4) is 39.9 Å². The van der Waals surface area contributed by atoms with Gasteiger partial charge in [-0.1, -0.05) is 42.5 Å². The van der Waals surface area contributed by atoms with Crippen molar-refractivity contribution in [3.05, 3.63) is 84.4 Å². The lowest BCUT2D eigenvalue weighted by molar-refractivity contribution is 0.284. The van der Waals surface area contributed by atoms with Gasteiger partial charge >= 0.3 is 0 Å². The summed E-state index contributed by atoms with van der Waals surface area (Å²) in [6.07, 6.45) is 0. The van der Waals surface area contributed by atoms with Crippen LogP contribution in [0.4, 0.5) is 5.82 Å². The molecule has 0 spiro atoms. The number of para-hydroxylation sites is 1. The van der Waals surface area contributed by atoms with E-state index in [0.29, 0.717) is 41.2 Å². The zero-order valence-corrected chi connectivity index (χ0v) is 17.4. The Bertz CT molecular complexity index is 1180. The van der Waals surface area contributed by atoms with E-state index in [0.717, 1.165) is 16.7 Å². The normalized spacial score (nSPS) is 10.5. The zero-order valence-electron chi connectivity index (χ0n) is 17.4. The van der Waals surface area contributed by atoms with Crippen LogP contribution in [-0.2, 0) is 6.61 Å². The molecule has 0 bridgehead atoms. The Morgan fingerprint density at radius 1 is 0.742 bits per heavy atom. The third kappa shape index (κ3) is 4.59. The number of nitrogens with two attached hydrogens (primary N) is 1. The van der Waals surface area contributed by atoms with Gasteiger partial charge in [0.25, 0.3) is 0 Å². The lowest BCUT2D eigenvalue weighted by atomic mass is 10.1. The highest BCUT2D eigenvalue weighted by molar-refractivity contribution is 5.72. The summed E-state index contributed by atoms with van der Waals surface area (Å²) < 4.78 is 17.0. The fourth-order valence-electron chi connectivity index (χ4n) is 3.25. The maximum Gasteiger partial charge on any atom is 0.162 e. The van der Waals surface area contributed by atoms with E-state index in [1.807, 2.05) is 72.8 Å². The molecule has 3 aromatic carbocycles. The van der Waals surface area contributed by atoms with Crippen molar-refractivity contribution in [1.29, 1.82) is 0 Å². The van der Waals surface area contributed by atoms with Gasteiger partial charge in [0.05, 0.1) is 19.9 Å². The lowest BCUT2D eigenvalue weighted by Gasteiger charge is -2.13. The third-order valence-electron chi connectivity index (χ3n) is 4.79. The van der Waals surface area contributed by atoms with Crippen LogP contribution in [0.15, 0.2) is 78.9 Å². The fourth-order valence-corrected chi connectivity index (χ4v) is 3.25. The second kappa shape index (κ2) is 9.17. The van der Waals surface area contributed by atoms with E-state index in [1.54, 1.807) is 20.3 Å². The molecule has 0 unspecified atom stereocenters. The minimum Gasteiger partial charge on any atom is -0.496 e. The van der Waals surface area contributed by atoms with Gasteiger partial charge in [0, 0.05) is 17.2 Å². The number of hydrogen-bond donors (Lipinski definition) is 1. The first kappa shape index (κ1) is 20.2. The lowest BCUT2D eigenvalue weighted by Crippen LogP contribution is -2.01. The molecular formula is C25H23N3O3.